The number of nitrogen functional groups attached to an aromatic ring is 1. The Morgan fingerprint density at radius 2 is 2.22 bits per heavy atom. The van der Waals surface area contributed by atoms with Crippen LogP contribution >= 0.6 is 11.6 Å². The first-order chi connectivity index (χ1) is 8.51. The van der Waals surface area contributed by atoms with Crippen LogP contribution in [0.2, 0.25) is 5.02 Å². The summed E-state index contributed by atoms with van der Waals surface area (Å²) in [5.41, 5.74) is 7.19. The van der Waals surface area contributed by atoms with Crippen molar-refractivity contribution in [3.63, 3.8) is 0 Å². The molecule has 1 aromatic rings. The van der Waals surface area contributed by atoms with E-state index in [0.717, 1.165) is 12.2 Å². The Morgan fingerprint density at radius 3 is 2.72 bits per heavy atom. The third-order valence-electron chi connectivity index (χ3n) is 2.84. The maximum Gasteiger partial charge on any atom is 0.124 e. The number of nitrogens with zero attached hydrogens (tertiary/aromatic N) is 1. The van der Waals surface area contributed by atoms with Crippen LogP contribution in [-0.2, 0) is 4.74 Å². The van der Waals surface area contributed by atoms with Gasteiger partial charge in [0, 0.05) is 36.0 Å². The van der Waals surface area contributed by atoms with E-state index >= 15 is 0 Å². The van der Waals surface area contributed by atoms with Crippen molar-refractivity contribution in [2.24, 2.45) is 5.73 Å². The zero-order valence-electron chi connectivity index (χ0n) is 11.0. The molecule has 0 aromatic heterocycles. The molecule has 1 rings (SSSR count). The normalized spacial score (nSPS) is 12.2. The van der Waals surface area contributed by atoms with E-state index in [2.05, 4.69) is 18.7 Å². The van der Waals surface area contributed by atoms with Gasteiger partial charge in [0.05, 0.1) is 6.61 Å². The summed E-state index contributed by atoms with van der Waals surface area (Å²) in [6, 6.07) is 5.56. The molecule has 0 saturated heterocycles. The van der Waals surface area contributed by atoms with Gasteiger partial charge in [-0.15, -0.1) is 0 Å². The van der Waals surface area contributed by atoms with Crippen LogP contribution in [0.25, 0.3) is 0 Å². The molecule has 1 unspecified atom stereocenters. The summed E-state index contributed by atoms with van der Waals surface area (Å²) in [4.78, 5) is 2.13. The van der Waals surface area contributed by atoms with Crippen molar-refractivity contribution in [2.45, 2.75) is 19.9 Å². The Labute approximate surface area is 113 Å². The highest BCUT2D eigenvalue weighted by atomic mass is 35.5. The second kappa shape index (κ2) is 6.61. The van der Waals surface area contributed by atoms with Gasteiger partial charge in [0.2, 0.25) is 0 Å². The van der Waals surface area contributed by atoms with Crippen LogP contribution in [0.5, 0.6) is 0 Å². The molecule has 0 aliphatic carbocycles. The lowest BCUT2D eigenvalue weighted by atomic mass is 10.1. The number of methoxy groups -OCH3 is 1. The van der Waals surface area contributed by atoms with E-state index in [4.69, 9.17) is 27.5 Å². The van der Waals surface area contributed by atoms with Crippen molar-refractivity contribution in [1.29, 1.82) is 5.41 Å². The molecule has 0 heterocycles. The van der Waals surface area contributed by atoms with Gasteiger partial charge in [-0.3, -0.25) is 5.41 Å². The number of amidine groups is 1. The molecule has 0 aliphatic rings. The molecule has 4 nitrogen and oxygen atoms in total. The van der Waals surface area contributed by atoms with E-state index in [0.29, 0.717) is 17.2 Å². The molecule has 0 aliphatic heterocycles. The summed E-state index contributed by atoms with van der Waals surface area (Å²) in [6.07, 6.45) is 0. The van der Waals surface area contributed by atoms with Crippen molar-refractivity contribution in [1.82, 2.24) is 0 Å². The van der Waals surface area contributed by atoms with Crippen molar-refractivity contribution >= 4 is 23.1 Å². The summed E-state index contributed by atoms with van der Waals surface area (Å²) >= 11 is 6.04. The number of likely N-dealkylation sites (N-methyl/N-ethyl adjacent to an activating group) is 1. The zero-order chi connectivity index (χ0) is 13.7. The SMILES string of the molecule is CCN(c1cc(Cl)ccc1C(=N)N)C(C)COC. The fraction of sp³-hybridized carbons (Fsp3) is 0.462. The first-order valence-corrected chi connectivity index (χ1v) is 6.28. The summed E-state index contributed by atoms with van der Waals surface area (Å²) in [7, 11) is 1.67. The minimum Gasteiger partial charge on any atom is -0.384 e. The topological polar surface area (TPSA) is 62.3 Å². The molecule has 18 heavy (non-hydrogen) atoms. The molecule has 100 valence electrons. The van der Waals surface area contributed by atoms with Gasteiger partial charge in [0.15, 0.2) is 0 Å². The van der Waals surface area contributed by atoms with Crippen LogP contribution in [0, 0.1) is 5.41 Å². The number of hydrogen-bond donors (Lipinski definition) is 2. The Morgan fingerprint density at radius 1 is 1.56 bits per heavy atom. The molecular formula is C13H20ClN3O. The first-order valence-electron chi connectivity index (χ1n) is 5.90. The maximum atomic E-state index is 7.63. The highest BCUT2D eigenvalue weighted by molar-refractivity contribution is 6.31. The minimum atomic E-state index is 0.0460. The predicted octanol–water partition coefficient (Wildman–Crippen LogP) is 2.49. The third-order valence-corrected chi connectivity index (χ3v) is 3.08. The molecule has 3 N–H and O–H groups in total. The lowest BCUT2D eigenvalue weighted by Crippen LogP contribution is -2.37. The second-order valence-electron chi connectivity index (χ2n) is 4.17. The number of anilines is 1. The molecule has 5 heteroatoms. The molecule has 0 bridgehead atoms. The van der Waals surface area contributed by atoms with Crippen LogP contribution in [0.3, 0.4) is 0 Å². The average Bonchev–Trinajstić information content (AvgIpc) is 2.30. The Balaban J connectivity index is 3.18. The predicted molar refractivity (Wildman–Crippen MR) is 76.8 cm³/mol. The van der Waals surface area contributed by atoms with Crippen LogP contribution in [0.4, 0.5) is 5.69 Å². The van der Waals surface area contributed by atoms with Crippen molar-refractivity contribution in [3.05, 3.63) is 28.8 Å². The van der Waals surface area contributed by atoms with E-state index in [-0.39, 0.29) is 11.9 Å². The number of nitrogens with two attached hydrogens (primary N) is 1. The first kappa shape index (κ1) is 14.8. The highest BCUT2D eigenvalue weighted by Crippen LogP contribution is 2.26. The summed E-state index contributed by atoms with van der Waals surface area (Å²) in [5.74, 6) is 0.0460. The van der Waals surface area contributed by atoms with Gasteiger partial charge in [-0.1, -0.05) is 11.6 Å². The maximum absolute atomic E-state index is 7.63. The van der Waals surface area contributed by atoms with Gasteiger partial charge >= 0.3 is 0 Å². The molecule has 1 aromatic carbocycles. The van der Waals surface area contributed by atoms with Crippen LogP contribution in [0.1, 0.15) is 19.4 Å². The van der Waals surface area contributed by atoms with Gasteiger partial charge in [-0.25, -0.2) is 0 Å². The quantitative estimate of drug-likeness (QED) is 0.616. The largest absolute Gasteiger partial charge is 0.384 e. The van der Waals surface area contributed by atoms with Gasteiger partial charge < -0.3 is 15.4 Å². The zero-order valence-corrected chi connectivity index (χ0v) is 11.8. The molecule has 0 fully saturated rings. The smallest absolute Gasteiger partial charge is 0.124 e. The molecule has 0 saturated carbocycles. The second-order valence-corrected chi connectivity index (χ2v) is 4.60. The number of ether oxygens (including phenoxy) is 1. The number of halogens is 1. The third kappa shape index (κ3) is 3.37. The molecule has 0 radical (unpaired) electrons. The Hall–Kier alpha value is -1.26. The standard InChI is InChI=1S/C13H20ClN3O/c1-4-17(9(2)8-18-3)12-7-10(14)5-6-11(12)13(15)16/h5-7,9H,4,8H2,1-3H3,(H3,15,16). The van der Waals surface area contributed by atoms with Crippen molar-refractivity contribution < 1.29 is 4.74 Å². The van der Waals surface area contributed by atoms with Gasteiger partial charge in [0.1, 0.15) is 5.84 Å². The Kier molecular flexibility index (Phi) is 5.44. The Bertz CT molecular complexity index is 423. The number of benzene rings is 1. The summed E-state index contributed by atoms with van der Waals surface area (Å²) in [5, 5.41) is 8.27. The lowest BCUT2D eigenvalue weighted by Gasteiger charge is -2.31. The van der Waals surface area contributed by atoms with Crippen molar-refractivity contribution in [3.8, 4) is 0 Å². The van der Waals surface area contributed by atoms with Crippen LogP contribution in [-0.4, -0.2) is 32.1 Å². The van der Waals surface area contributed by atoms with Crippen LogP contribution < -0.4 is 10.6 Å². The fourth-order valence-electron chi connectivity index (χ4n) is 2.02. The van der Waals surface area contributed by atoms with E-state index in [1.54, 1.807) is 19.2 Å². The number of nitrogens with one attached hydrogen (secondary N) is 1. The number of hydrogen-bond acceptors (Lipinski definition) is 3. The van der Waals surface area contributed by atoms with E-state index in [9.17, 15) is 0 Å². The van der Waals surface area contributed by atoms with Gasteiger partial charge in [-0.05, 0) is 32.0 Å². The molecule has 0 spiro atoms. The van der Waals surface area contributed by atoms with E-state index in [1.165, 1.54) is 0 Å². The number of rotatable bonds is 6. The van der Waals surface area contributed by atoms with E-state index in [1.807, 2.05) is 6.07 Å². The minimum absolute atomic E-state index is 0.0460. The lowest BCUT2D eigenvalue weighted by molar-refractivity contribution is 0.182. The fourth-order valence-corrected chi connectivity index (χ4v) is 2.19. The van der Waals surface area contributed by atoms with Gasteiger partial charge in [-0.2, -0.15) is 0 Å². The monoisotopic (exact) mass is 269 g/mol. The molecular weight excluding hydrogens is 250 g/mol. The average molecular weight is 270 g/mol. The van der Waals surface area contributed by atoms with Gasteiger partial charge in [0.25, 0.3) is 0 Å². The highest BCUT2D eigenvalue weighted by Gasteiger charge is 2.17. The summed E-state index contributed by atoms with van der Waals surface area (Å²) in [6.45, 7) is 5.53. The van der Waals surface area contributed by atoms with E-state index < -0.39 is 0 Å². The van der Waals surface area contributed by atoms with Crippen LogP contribution in [0.15, 0.2) is 18.2 Å². The summed E-state index contributed by atoms with van der Waals surface area (Å²) < 4.78 is 5.18. The molecule has 0 amide bonds. The van der Waals surface area contributed by atoms with Crippen molar-refractivity contribution in [2.75, 3.05) is 25.2 Å². The molecule has 1 atom stereocenters.